The number of nitrogens with one attached hydrogen (secondary N) is 1. The minimum atomic E-state index is 0.761. The number of thiazole rings is 1. The summed E-state index contributed by atoms with van der Waals surface area (Å²) in [4.78, 5) is 18.2. The van der Waals surface area contributed by atoms with E-state index >= 15 is 0 Å². The van der Waals surface area contributed by atoms with Crippen molar-refractivity contribution in [3.8, 4) is 21.8 Å². The van der Waals surface area contributed by atoms with E-state index in [9.17, 15) is 0 Å². The van der Waals surface area contributed by atoms with E-state index < -0.39 is 0 Å². The highest BCUT2D eigenvalue weighted by atomic mass is 32.1. The van der Waals surface area contributed by atoms with Crippen molar-refractivity contribution in [2.45, 2.75) is 6.92 Å². The molecule has 5 aromatic rings. The van der Waals surface area contributed by atoms with Crippen LogP contribution in [0.5, 0.6) is 0 Å². The van der Waals surface area contributed by atoms with Gasteiger partial charge in [-0.05, 0) is 43.3 Å². The number of hydrogen-bond donors (Lipinski definition) is 1. The summed E-state index contributed by atoms with van der Waals surface area (Å²) in [6.45, 7) is 1.97. The molecule has 5 nitrogen and oxygen atoms in total. The Morgan fingerprint density at radius 2 is 1.59 bits per heavy atom. The first kappa shape index (κ1) is 17.5. The van der Waals surface area contributed by atoms with Gasteiger partial charge in [0.1, 0.15) is 5.01 Å². The third-order valence-electron chi connectivity index (χ3n) is 4.60. The maximum atomic E-state index is 4.79. The number of benzene rings is 2. The van der Waals surface area contributed by atoms with Gasteiger partial charge in [-0.3, -0.25) is 4.98 Å². The Labute approximate surface area is 172 Å². The molecule has 29 heavy (non-hydrogen) atoms. The summed E-state index contributed by atoms with van der Waals surface area (Å²) in [7, 11) is 0. The Kier molecular flexibility index (Phi) is 4.46. The second-order valence-electron chi connectivity index (χ2n) is 6.63. The third kappa shape index (κ3) is 3.58. The van der Waals surface area contributed by atoms with E-state index in [1.807, 2.05) is 55.5 Å². The molecule has 0 atom stereocenters. The number of aryl methyl sites for hydroxylation is 1. The van der Waals surface area contributed by atoms with Crippen molar-refractivity contribution >= 4 is 33.9 Å². The maximum Gasteiger partial charge on any atom is 0.152 e. The molecule has 0 aliphatic rings. The standard InChI is InChI=1S/C23H17N5S/c1-15-22(27-20-8-3-2-7-19(20)25-15)26-18-6-4-5-17(13-18)21-14-29-23(28-21)16-9-11-24-12-10-16/h2-14H,1H3,(H,26,27). The molecule has 3 heterocycles. The molecule has 0 aliphatic heterocycles. The van der Waals surface area contributed by atoms with Crippen molar-refractivity contribution in [2.24, 2.45) is 0 Å². The molecule has 0 fully saturated rings. The molecule has 0 radical (unpaired) electrons. The quantitative estimate of drug-likeness (QED) is 0.412. The smallest absolute Gasteiger partial charge is 0.152 e. The van der Waals surface area contributed by atoms with Gasteiger partial charge < -0.3 is 5.32 Å². The summed E-state index contributed by atoms with van der Waals surface area (Å²) in [5.74, 6) is 0.761. The summed E-state index contributed by atoms with van der Waals surface area (Å²) in [5, 5.41) is 6.47. The molecule has 0 aliphatic carbocycles. The minimum Gasteiger partial charge on any atom is -0.339 e. The van der Waals surface area contributed by atoms with E-state index in [-0.39, 0.29) is 0 Å². The minimum absolute atomic E-state index is 0.761. The Balaban J connectivity index is 1.45. The number of para-hydroxylation sites is 2. The van der Waals surface area contributed by atoms with E-state index in [0.29, 0.717) is 0 Å². The van der Waals surface area contributed by atoms with Gasteiger partial charge in [0.05, 0.1) is 22.4 Å². The fourth-order valence-corrected chi connectivity index (χ4v) is 3.97. The highest BCUT2D eigenvalue weighted by Crippen LogP contribution is 2.30. The van der Waals surface area contributed by atoms with Crippen LogP contribution in [0.25, 0.3) is 32.9 Å². The van der Waals surface area contributed by atoms with Crippen molar-refractivity contribution in [2.75, 3.05) is 5.32 Å². The van der Waals surface area contributed by atoms with Gasteiger partial charge in [0.2, 0.25) is 0 Å². The molecular weight excluding hydrogens is 378 g/mol. The van der Waals surface area contributed by atoms with Crippen LogP contribution in [0.1, 0.15) is 5.69 Å². The fraction of sp³-hybridized carbons (Fsp3) is 0.0435. The Hall–Kier alpha value is -3.64. The van der Waals surface area contributed by atoms with Gasteiger partial charge in [0.25, 0.3) is 0 Å². The van der Waals surface area contributed by atoms with E-state index in [4.69, 9.17) is 9.97 Å². The summed E-state index contributed by atoms with van der Waals surface area (Å²) in [5.41, 5.74) is 6.67. The first-order valence-electron chi connectivity index (χ1n) is 9.23. The second-order valence-corrected chi connectivity index (χ2v) is 7.48. The van der Waals surface area contributed by atoms with Crippen LogP contribution in [0.15, 0.2) is 78.4 Å². The average molecular weight is 395 g/mol. The van der Waals surface area contributed by atoms with E-state index in [0.717, 1.165) is 50.1 Å². The van der Waals surface area contributed by atoms with Gasteiger partial charge >= 0.3 is 0 Å². The average Bonchev–Trinajstić information content (AvgIpc) is 3.26. The zero-order valence-electron chi connectivity index (χ0n) is 15.7. The highest BCUT2D eigenvalue weighted by molar-refractivity contribution is 7.13. The second kappa shape index (κ2) is 7.41. The molecule has 3 aromatic heterocycles. The lowest BCUT2D eigenvalue weighted by Gasteiger charge is -2.10. The summed E-state index contributed by atoms with van der Waals surface area (Å²) >= 11 is 1.63. The van der Waals surface area contributed by atoms with Gasteiger partial charge in [-0.2, -0.15) is 0 Å². The Morgan fingerprint density at radius 3 is 2.41 bits per heavy atom. The number of hydrogen-bond acceptors (Lipinski definition) is 6. The Bertz CT molecular complexity index is 1300. The largest absolute Gasteiger partial charge is 0.339 e. The van der Waals surface area contributed by atoms with Crippen LogP contribution in [-0.4, -0.2) is 19.9 Å². The van der Waals surface area contributed by atoms with E-state index in [1.54, 1.807) is 23.7 Å². The van der Waals surface area contributed by atoms with Crippen molar-refractivity contribution in [3.05, 3.63) is 84.1 Å². The zero-order chi connectivity index (χ0) is 19.6. The van der Waals surface area contributed by atoms with Crippen LogP contribution in [-0.2, 0) is 0 Å². The van der Waals surface area contributed by atoms with Crippen LogP contribution >= 0.6 is 11.3 Å². The molecule has 140 valence electrons. The molecular formula is C23H17N5S. The molecule has 0 saturated heterocycles. The SMILES string of the molecule is Cc1nc2ccccc2nc1Nc1cccc(-c2csc(-c3ccncc3)n2)c1. The number of anilines is 2. The van der Waals surface area contributed by atoms with Crippen molar-refractivity contribution in [1.82, 2.24) is 19.9 Å². The highest BCUT2D eigenvalue weighted by Gasteiger charge is 2.09. The molecule has 0 amide bonds. The normalized spacial score (nSPS) is 10.9. The molecule has 0 unspecified atom stereocenters. The predicted molar refractivity (Wildman–Crippen MR) is 118 cm³/mol. The van der Waals surface area contributed by atoms with Gasteiger partial charge in [-0.15, -0.1) is 11.3 Å². The molecule has 0 saturated carbocycles. The lowest BCUT2D eigenvalue weighted by Crippen LogP contribution is -1.99. The van der Waals surface area contributed by atoms with Crippen molar-refractivity contribution in [1.29, 1.82) is 0 Å². The number of pyridine rings is 1. The van der Waals surface area contributed by atoms with Crippen LogP contribution in [0.2, 0.25) is 0 Å². The fourth-order valence-electron chi connectivity index (χ4n) is 3.13. The first-order valence-corrected chi connectivity index (χ1v) is 10.1. The lowest BCUT2D eigenvalue weighted by atomic mass is 10.1. The van der Waals surface area contributed by atoms with Crippen LogP contribution < -0.4 is 5.32 Å². The van der Waals surface area contributed by atoms with Crippen molar-refractivity contribution in [3.63, 3.8) is 0 Å². The molecule has 1 N–H and O–H groups in total. The molecule has 5 rings (SSSR count). The number of fused-ring (bicyclic) bond motifs is 1. The molecule has 0 bridgehead atoms. The van der Waals surface area contributed by atoms with Gasteiger partial charge in [-0.25, -0.2) is 15.0 Å². The predicted octanol–water partition coefficient (Wildman–Crippen LogP) is 5.87. The third-order valence-corrected chi connectivity index (χ3v) is 5.49. The van der Waals surface area contributed by atoms with E-state index in [2.05, 4.69) is 32.8 Å². The maximum absolute atomic E-state index is 4.79. The molecule has 0 spiro atoms. The van der Waals surface area contributed by atoms with Gasteiger partial charge in [0.15, 0.2) is 5.82 Å². The van der Waals surface area contributed by atoms with Crippen molar-refractivity contribution < 1.29 is 0 Å². The summed E-state index contributed by atoms with van der Waals surface area (Å²) in [6, 6.07) is 20.0. The van der Waals surface area contributed by atoms with Gasteiger partial charge in [-0.1, -0.05) is 24.3 Å². The number of nitrogens with zero attached hydrogens (tertiary/aromatic N) is 4. The van der Waals surface area contributed by atoms with Crippen LogP contribution in [0.4, 0.5) is 11.5 Å². The molecule has 6 heteroatoms. The summed E-state index contributed by atoms with van der Waals surface area (Å²) in [6.07, 6.45) is 3.57. The summed E-state index contributed by atoms with van der Waals surface area (Å²) < 4.78 is 0. The topological polar surface area (TPSA) is 63.6 Å². The van der Waals surface area contributed by atoms with E-state index in [1.165, 1.54) is 0 Å². The number of aromatic nitrogens is 4. The first-order chi connectivity index (χ1) is 14.3. The molecule has 2 aromatic carbocycles. The Morgan fingerprint density at radius 1 is 0.793 bits per heavy atom. The lowest BCUT2D eigenvalue weighted by molar-refractivity contribution is 1.18. The van der Waals surface area contributed by atoms with Gasteiger partial charge in [0, 0.05) is 34.6 Å². The van der Waals surface area contributed by atoms with Crippen LogP contribution in [0.3, 0.4) is 0 Å². The zero-order valence-corrected chi connectivity index (χ0v) is 16.5. The number of rotatable bonds is 4. The monoisotopic (exact) mass is 395 g/mol. The van der Waals surface area contributed by atoms with Crippen LogP contribution in [0, 0.1) is 6.92 Å².